The maximum atomic E-state index is 11.4. The SMILES string of the molecule is CC(CO)C(C)CC[C@@H](COS(=O)(=O)[O-])[C@H]1CC[C@H]2[C@@H]3CC[C@@H]4[C@H](O)[C@H](OS(=O)(=O)[O-])CC[C@]4(C)[C@H]3CC[C@]12C. The minimum absolute atomic E-state index is 0.0214. The van der Waals surface area contributed by atoms with Gasteiger partial charge < -0.3 is 19.3 Å². The summed E-state index contributed by atoms with van der Waals surface area (Å²) in [6.45, 7) is 8.62. The topological polar surface area (TPSA) is 173 Å². The molecule has 0 aromatic heterocycles. The second-order valence-corrected chi connectivity index (χ2v) is 16.1. The number of rotatable bonds is 11. The molecule has 0 aromatic rings. The maximum Gasteiger partial charge on any atom is 0.217 e. The zero-order chi connectivity index (χ0) is 29.7. The van der Waals surface area contributed by atoms with Gasteiger partial charge in [0.25, 0.3) is 0 Å². The van der Waals surface area contributed by atoms with E-state index in [-0.39, 0.29) is 53.6 Å². The van der Waals surface area contributed by atoms with Crippen LogP contribution in [0.4, 0.5) is 0 Å². The molecule has 0 bridgehead atoms. The van der Waals surface area contributed by atoms with Gasteiger partial charge in [-0.3, -0.25) is 8.37 Å². The van der Waals surface area contributed by atoms with Crippen LogP contribution in [0.2, 0.25) is 0 Å². The largest absolute Gasteiger partial charge is 0.726 e. The molecule has 2 N–H and O–H groups in total. The second-order valence-electron chi connectivity index (χ2n) is 14.0. The fourth-order valence-electron chi connectivity index (χ4n) is 9.88. The monoisotopic (exact) mass is 608 g/mol. The summed E-state index contributed by atoms with van der Waals surface area (Å²) in [7, 11) is -9.69. The van der Waals surface area contributed by atoms with Crippen molar-refractivity contribution in [3.05, 3.63) is 0 Å². The molecule has 0 radical (unpaired) electrons. The molecule has 0 spiro atoms. The van der Waals surface area contributed by atoms with Gasteiger partial charge in [0.2, 0.25) is 20.8 Å². The van der Waals surface area contributed by atoms with Gasteiger partial charge in [0, 0.05) is 6.61 Å². The van der Waals surface area contributed by atoms with Crippen LogP contribution in [0.15, 0.2) is 0 Å². The van der Waals surface area contributed by atoms with Crippen LogP contribution in [-0.2, 0) is 29.2 Å². The third-order valence-corrected chi connectivity index (χ3v) is 13.2. The van der Waals surface area contributed by atoms with Crippen molar-refractivity contribution in [1.29, 1.82) is 0 Å². The molecule has 40 heavy (non-hydrogen) atoms. The zero-order valence-electron chi connectivity index (χ0n) is 24.2. The predicted molar refractivity (Wildman–Crippen MR) is 145 cm³/mol. The molecule has 0 amide bonds. The lowest BCUT2D eigenvalue weighted by Gasteiger charge is -2.62. The molecule has 4 fully saturated rings. The lowest BCUT2D eigenvalue weighted by atomic mass is 9.44. The zero-order valence-corrected chi connectivity index (χ0v) is 25.9. The summed E-state index contributed by atoms with van der Waals surface area (Å²) in [4.78, 5) is 0. The molecule has 2 unspecified atom stereocenters. The summed E-state index contributed by atoms with van der Waals surface area (Å²) in [5.41, 5.74) is -0.199. The lowest BCUT2D eigenvalue weighted by Crippen LogP contribution is -2.59. The number of fused-ring (bicyclic) bond motifs is 5. The highest BCUT2D eigenvalue weighted by Gasteiger charge is 2.62. The van der Waals surface area contributed by atoms with Crippen LogP contribution in [-0.4, -0.2) is 61.6 Å². The normalized spacial score (nSPS) is 42.4. The molecule has 4 saturated carbocycles. The molecule has 12 atom stereocenters. The summed E-state index contributed by atoms with van der Waals surface area (Å²) < 4.78 is 77.5. The number of hydrogen-bond donors (Lipinski definition) is 2. The summed E-state index contributed by atoms with van der Waals surface area (Å²) in [5, 5.41) is 20.7. The number of aliphatic hydroxyl groups excluding tert-OH is 2. The van der Waals surface area contributed by atoms with Crippen LogP contribution >= 0.6 is 0 Å². The van der Waals surface area contributed by atoms with E-state index in [1.54, 1.807) is 0 Å². The summed E-state index contributed by atoms with van der Waals surface area (Å²) in [6, 6.07) is 0. The molecule has 4 rings (SSSR count). The van der Waals surface area contributed by atoms with Gasteiger partial charge in [0.15, 0.2) is 0 Å². The third kappa shape index (κ3) is 6.59. The van der Waals surface area contributed by atoms with Gasteiger partial charge >= 0.3 is 0 Å². The average molecular weight is 609 g/mol. The van der Waals surface area contributed by atoms with Crippen molar-refractivity contribution in [2.75, 3.05) is 13.2 Å². The van der Waals surface area contributed by atoms with Crippen molar-refractivity contribution in [2.45, 2.75) is 104 Å². The van der Waals surface area contributed by atoms with E-state index >= 15 is 0 Å². The van der Waals surface area contributed by atoms with Crippen LogP contribution < -0.4 is 0 Å². The first kappa shape index (κ1) is 32.6. The molecular formula is C28H48O10S2-2. The van der Waals surface area contributed by atoms with Crippen molar-refractivity contribution in [2.24, 2.45) is 58.2 Å². The minimum Gasteiger partial charge on any atom is -0.726 e. The van der Waals surface area contributed by atoms with E-state index in [9.17, 15) is 36.2 Å². The van der Waals surface area contributed by atoms with Crippen molar-refractivity contribution < 1.29 is 44.5 Å². The van der Waals surface area contributed by atoms with Crippen LogP contribution in [0.3, 0.4) is 0 Å². The molecule has 10 nitrogen and oxygen atoms in total. The van der Waals surface area contributed by atoms with Crippen molar-refractivity contribution >= 4 is 20.8 Å². The standard InChI is InChI=1S/C28H50O10S2/c1-17(18(2)15-29)5-6-19(16-37-39(31,32)33)21-9-10-22-20-7-8-24-26(30)25(38-40(34,35)36)12-14-28(24,4)23(20)11-13-27(21,22)3/h17-26,29-30H,5-16H2,1-4H3,(H,31,32,33)(H,34,35,36)/p-2/t17?,18?,19-,20-,21+,22-,23-,24+,25+,26-,27+,28+/m0/s1. The Kier molecular flexibility index (Phi) is 9.75. The Morgan fingerprint density at radius 2 is 1.45 bits per heavy atom. The molecule has 0 saturated heterocycles. The van der Waals surface area contributed by atoms with Gasteiger partial charge in [0.05, 0.1) is 12.7 Å². The molecule has 0 heterocycles. The van der Waals surface area contributed by atoms with E-state index in [1.807, 2.05) is 6.92 Å². The van der Waals surface area contributed by atoms with Crippen molar-refractivity contribution in [1.82, 2.24) is 0 Å². The van der Waals surface area contributed by atoms with Gasteiger partial charge in [-0.15, -0.1) is 0 Å². The smallest absolute Gasteiger partial charge is 0.217 e. The molecule has 0 aromatic carbocycles. The van der Waals surface area contributed by atoms with Crippen LogP contribution in [0.25, 0.3) is 0 Å². The quantitative estimate of drug-likeness (QED) is 0.261. The van der Waals surface area contributed by atoms with Gasteiger partial charge in [-0.05, 0) is 116 Å². The average Bonchev–Trinajstić information content (AvgIpc) is 3.21. The highest BCUT2D eigenvalue weighted by molar-refractivity contribution is 7.81. The lowest BCUT2D eigenvalue weighted by molar-refractivity contribution is -0.171. The van der Waals surface area contributed by atoms with E-state index in [0.717, 1.165) is 51.4 Å². The Balaban J connectivity index is 1.51. The highest BCUT2D eigenvalue weighted by Crippen LogP contribution is 2.68. The summed E-state index contributed by atoms with van der Waals surface area (Å²) >= 11 is 0. The van der Waals surface area contributed by atoms with E-state index in [4.69, 9.17) is 8.37 Å². The molecule has 234 valence electrons. The molecule has 4 aliphatic carbocycles. The van der Waals surface area contributed by atoms with Crippen LogP contribution in [0.1, 0.15) is 91.9 Å². The number of aliphatic hydroxyl groups is 2. The highest BCUT2D eigenvalue weighted by atomic mass is 32.3. The molecule has 12 heteroatoms. The summed E-state index contributed by atoms with van der Waals surface area (Å²) in [6.07, 6.45) is 6.14. The Morgan fingerprint density at radius 3 is 2.08 bits per heavy atom. The first-order valence-corrected chi connectivity index (χ1v) is 17.7. The van der Waals surface area contributed by atoms with Crippen molar-refractivity contribution in [3.63, 3.8) is 0 Å². The molecule has 4 aliphatic rings. The van der Waals surface area contributed by atoms with Crippen LogP contribution in [0.5, 0.6) is 0 Å². The Bertz CT molecular complexity index is 1100. The fraction of sp³-hybridized carbons (Fsp3) is 1.00. The first-order valence-electron chi connectivity index (χ1n) is 15.0. The Labute approximate surface area is 240 Å². The van der Waals surface area contributed by atoms with E-state index in [0.29, 0.717) is 30.6 Å². The van der Waals surface area contributed by atoms with Gasteiger partial charge in [-0.2, -0.15) is 0 Å². The number of hydrogen-bond acceptors (Lipinski definition) is 10. The molecular weight excluding hydrogens is 560 g/mol. The van der Waals surface area contributed by atoms with E-state index in [2.05, 4.69) is 20.8 Å². The Morgan fingerprint density at radius 1 is 0.825 bits per heavy atom. The fourth-order valence-corrected chi connectivity index (χ4v) is 10.7. The maximum absolute atomic E-state index is 11.4. The third-order valence-electron chi connectivity index (χ3n) is 12.3. The van der Waals surface area contributed by atoms with Gasteiger partial charge in [-0.1, -0.05) is 34.1 Å². The van der Waals surface area contributed by atoms with Crippen LogP contribution in [0, 0.1) is 58.2 Å². The van der Waals surface area contributed by atoms with Gasteiger partial charge in [0.1, 0.15) is 6.10 Å². The first-order chi connectivity index (χ1) is 18.5. The van der Waals surface area contributed by atoms with E-state index < -0.39 is 33.0 Å². The Hall–Kier alpha value is -0.340. The second kappa shape index (κ2) is 12.0. The van der Waals surface area contributed by atoms with Crippen molar-refractivity contribution in [3.8, 4) is 0 Å². The van der Waals surface area contributed by atoms with E-state index in [1.165, 1.54) is 0 Å². The van der Waals surface area contributed by atoms with Gasteiger partial charge in [-0.25, -0.2) is 16.8 Å². The minimum atomic E-state index is -4.89. The summed E-state index contributed by atoms with van der Waals surface area (Å²) in [5.74, 6) is 1.65. The molecule has 0 aliphatic heterocycles. The predicted octanol–water partition coefficient (Wildman–Crippen LogP) is 3.60.